The average molecular weight is 380 g/mol. The van der Waals surface area contributed by atoms with Gasteiger partial charge in [0.1, 0.15) is 0 Å². The van der Waals surface area contributed by atoms with Gasteiger partial charge in [0.15, 0.2) is 0 Å². The van der Waals surface area contributed by atoms with Crippen LogP contribution in [0.1, 0.15) is 36.9 Å². The number of hydrazine groups is 1. The normalized spacial score (nSPS) is 13.3. The number of carbonyl (C=O) groups excluding carboxylic acids is 2. The molecule has 7 nitrogen and oxygen atoms in total. The van der Waals surface area contributed by atoms with E-state index in [0.717, 1.165) is 31.9 Å². The second kappa shape index (κ2) is 6.95. The van der Waals surface area contributed by atoms with E-state index in [4.69, 9.17) is 0 Å². The summed E-state index contributed by atoms with van der Waals surface area (Å²) in [6.07, 6.45) is 2.98. The molecule has 0 bridgehead atoms. The van der Waals surface area contributed by atoms with E-state index in [1.54, 1.807) is 6.07 Å². The maximum Gasteiger partial charge on any atom is 0.339 e. The molecule has 2 N–H and O–H groups in total. The molecule has 9 heteroatoms. The van der Waals surface area contributed by atoms with Gasteiger partial charge in [-0.15, -0.1) is 16.2 Å². The number of amides is 1. The summed E-state index contributed by atoms with van der Waals surface area (Å²) in [7, 11) is -2.96. The van der Waals surface area contributed by atoms with Gasteiger partial charge in [0, 0.05) is 4.88 Å². The quantitative estimate of drug-likeness (QED) is 0.607. The van der Waals surface area contributed by atoms with Crippen LogP contribution in [0.4, 0.5) is 0 Å². The first-order chi connectivity index (χ1) is 11.9. The van der Waals surface area contributed by atoms with E-state index < -0.39 is 21.9 Å². The Bertz CT molecular complexity index is 912. The Morgan fingerprint density at radius 1 is 1.20 bits per heavy atom. The van der Waals surface area contributed by atoms with Gasteiger partial charge in [0.05, 0.1) is 22.4 Å². The summed E-state index contributed by atoms with van der Waals surface area (Å²) >= 11 is 1.37. The molecule has 0 spiro atoms. The molecular formula is C16H16N2O5S2. The number of hydrogen-bond donors (Lipinski definition) is 2. The van der Waals surface area contributed by atoms with Gasteiger partial charge in [0.2, 0.25) is 0 Å². The van der Waals surface area contributed by atoms with Crippen molar-refractivity contribution in [2.75, 3.05) is 7.11 Å². The lowest BCUT2D eigenvalue weighted by molar-refractivity contribution is 0.0596. The molecule has 3 rings (SSSR count). The Morgan fingerprint density at radius 2 is 1.96 bits per heavy atom. The Labute approximate surface area is 149 Å². The van der Waals surface area contributed by atoms with Crippen molar-refractivity contribution in [3.63, 3.8) is 0 Å². The smallest absolute Gasteiger partial charge is 0.339 e. The number of methoxy groups -OCH3 is 1. The van der Waals surface area contributed by atoms with Crippen LogP contribution in [0.5, 0.6) is 0 Å². The molecular weight excluding hydrogens is 364 g/mol. The van der Waals surface area contributed by atoms with Crippen molar-refractivity contribution < 1.29 is 22.7 Å². The van der Waals surface area contributed by atoms with Crippen molar-refractivity contribution in [1.29, 1.82) is 0 Å². The first-order valence-corrected chi connectivity index (χ1v) is 9.83. The van der Waals surface area contributed by atoms with Gasteiger partial charge in [-0.1, -0.05) is 12.1 Å². The van der Waals surface area contributed by atoms with Crippen LogP contribution in [0.2, 0.25) is 0 Å². The molecule has 0 aliphatic heterocycles. The number of benzene rings is 1. The first kappa shape index (κ1) is 17.6. The van der Waals surface area contributed by atoms with Gasteiger partial charge < -0.3 is 4.74 Å². The summed E-state index contributed by atoms with van der Waals surface area (Å²) in [5.74, 6) is -1.31. The van der Waals surface area contributed by atoms with Crippen LogP contribution in [0, 0.1) is 0 Å². The van der Waals surface area contributed by atoms with Crippen molar-refractivity contribution in [1.82, 2.24) is 10.3 Å². The molecule has 25 heavy (non-hydrogen) atoms. The molecule has 0 unspecified atom stereocenters. The molecule has 1 aliphatic carbocycles. The lowest BCUT2D eigenvalue weighted by Gasteiger charge is -2.10. The molecule has 0 fully saturated rings. The third kappa shape index (κ3) is 3.58. The molecule has 132 valence electrons. The third-order valence-electron chi connectivity index (χ3n) is 3.85. The fraction of sp³-hybridized carbons (Fsp3) is 0.250. The average Bonchev–Trinajstić information content (AvgIpc) is 3.21. The van der Waals surface area contributed by atoms with Gasteiger partial charge in [-0.25, -0.2) is 13.2 Å². The molecule has 2 aromatic rings. The molecule has 1 aromatic carbocycles. The number of ether oxygens (including phenoxy) is 1. The summed E-state index contributed by atoms with van der Waals surface area (Å²) in [5, 5.41) is 0. The van der Waals surface area contributed by atoms with E-state index >= 15 is 0 Å². The van der Waals surface area contributed by atoms with Crippen molar-refractivity contribution in [2.24, 2.45) is 0 Å². The number of aryl methyl sites for hydroxylation is 2. The molecule has 1 aliphatic rings. The Morgan fingerprint density at radius 3 is 2.68 bits per heavy atom. The largest absolute Gasteiger partial charge is 0.465 e. The fourth-order valence-corrected chi connectivity index (χ4v) is 4.84. The van der Waals surface area contributed by atoms with Crippen LogP contribution in [-0.2, 0) is 27.6 Å². The minimum atomic E-state index is -4.12. The number of sulfonamides is 1. The van der Waals surface area contributed by atoms with Crippen molar-refractivity contribution in [3.05, 3.63) is 51.2 Å². The van der Waals surface area contributed by atoms with Crippen molar-refractivity contribution in [3.8, 4) is 0 Å². The van der Waals surface area contributed by atoms with E-state index in [1.807, 2.05) is 4.83 Å². The molecule has 1 aromatic heterocycles. The van der Waals surface area contributed by atoms with Gasteiger partial charge in [-0.05, 0) is 43.0 Å². The molecule has 1 amide bonds. The Balaban J connectivity index is 1.76. The zero-order valence-electron chi connectivity index (χ0n) is 13.4. The molecule has 0 radical (unpaired) electrons. The highest BCUT2D eigenvalue weighted by Crippen LogP contribution is 2.30. The minimum Gasteiger partial charge on any atom is -0.465 e. The number of hydrogen-bond acceptors (Lipinski definition) is 6. The van der Waals surface area contributed by atoms with E-state index in [0.29, 0.717) is 4.88 Å². The van der Waals surface area contributed by atoms with E-state index in [2.05, 4.69) is 10.2 Å². The lowest BCUT2D eigenvalue weighted by atomic mass is 10.2. The van der Waals surface area contributed by atoms with Crippen molar-refractivity contribution >= 4 is 33.2 Å². The van der Waals surface area contributed by atoms with Gasteiger partial charge in [-0.2, -0.15) is 0 Å². The van der Waals surface area contributed by atoms with Crippen LogP contribution < -0.4 is 10.3 Å². The van der Waals surface area contributed by atoms with Gasteiger partial charge >= 0.3 is 5.97 Å². The van der Waals surface area contributed by atoms with Crippen LogP contribution in [0.25, 0.3) is 0 Å². The molecule has 0 atom stereocenters. The topological polar surface area (TPSA) is 102 Å². The monoisotopic (exact) mass is 380 g/mol. The SMILES string of the molecule is COC(=O)c1ccccc1S(=O)(=O)NNC(=O)c1cc2c(s1)CCC2. The van der Waals surface area contributed by atoms with E-state index in [9.17, 15) is 18.0 Å². The minimum absolute atomic E-state index is 0.109. The number of fused-ring (bicyclic) bond motifs is 1. The number of nitrogens with one attached hydrogen (secondary N) is 2. The highest BCUT2D eigenvalue weighted by molar-refractivity contribution is 7.89. The summed E-state index contributed by atoms with van der Waals surface area (Å²) in [5.41, 5.74) is 3.23. The number of esters is 1. The maximum atomic E-state index is 12.4. The molecule has 1 heterocycles. The van der Waals surface area contributed by atoms with Crippen LogP contribution in [0.15, 0.2) is 35.2 Å². The fourth-order valence-electron chi connectivity index (χ4n) is 2.65. The Hall–Kier alpha value is -2.23. The predicted molar refractivity (Wildman–Crippen MR) is 91.9 cm³/mol. The maximum absolute atomic E-state index is 12.4. The van der Waals surface area contributed by atoms with Gasteiger partial charge in [-0.3, -0.25) is 10.2 Å². The first-order valence-electron chi connectivity index (χ1n) is 7.53. The standard InChI is InChI=1S/C16H16N2O5S2/c1-23-16(20)11-6-2-3-8-14(11)25(21,22)18-17-15(19)13-9-10-5-4-7-12(10)24-13/h2-3,6,8-9,18H,4-5,7H2,1H3,(H,17,19). The predicted octanol–water partition coefficient (Wildman–Crippen LogP) is 1.65. The van der Waals surface area contributed by atoms with Crippen molar-refractivity contribution in [2.45, 2.75) is 24.2 Å². The highest BCUT2D eigenvalue weighted by Gasteiger charge is 2.24. The lowest BCUT2D eigenvalue weighted by Crippen LogP contribution is -2.41. The highest BCUT2D eigenvalue weighted by atomic mass is 32.2. The molecule has 0 saturated carbocycles. The van der Waals surface area contributed by atoms with Crippen LogP contribution >= 0.6 is 11.3 Å². The second-order valence-corrected chi connectivity index (χ2v) is 8.25. The number of carbonyl (C=O) groups is 2. The summed E-state index contributed by atoms with van der Waals surface area (Å²) < 4.78 is 29.4. The Kier molecular flexibility index (Phi) is 4.89. The summed E-state index contributed by atoms with van der Waals surface area (Å²) in [6, 6.07) is 7.40. The van der Waals surface area contributed by atoms with Crippen LogP contribution in [0.3, 0.4) is 0 Å². The van der Waals surface area contributed by atoms with Gasteiger partial charge in [0.25, 0.3) is 15.9 Å². The summed E-state index contributed by atoms with van der Waals surface area (Å²) in [4.78, 5) is 27.3. The van der Waals surface area contributed by atoms with E-state index in [-0.39, 0.29) is 10.5 Å². The second-order valence-electron chi connectivity index (χ2n) is 5.46. The number of thiophene rings is 1. The zero-order valence-corrected chi connectivity index (χ0v) is 15.0. The number of rotatable bonds is 5. The van der Waals surface area contributed by atoms with E-state index in [1.165, 1.54) is 40.5 Å². The summed E-state index contributed by atoms with van der Waals surface area (Å²) in [6.45, 7) is 0. The third-order valence-corrected chi connectivity index (χ3v) is 6.39. The molecule has 0 saturated heterocycles. The van der Waals surface area contributed by atoms with Crippen LogP contribution in [-0.4, -0.2) is 27.4 Å². The zero-order chi connectivity index (χ0) is 18.0.